The molecule has 2 aromatic rings. The highest BCUT2D eigenvalue weighted by molar-refractivity contribution is 6.42. The first-order valence-electron chi connectivity index (χ1n) is 6.90. The van der Waals surface area contributed by atoms with Crippen molar-refractivity contribution < 1.29 is 0 Å². The molecule has 0 saturated carbocycles. The molecule has 0 aliphatic rings. The van der Waals surface area contributed by atoms with Gasteiger partial charge < -0.3 is 15.5 Å². The van der Waals surface area contributed by atoms with Crippen molar-refractivity contribution >= 4 is 40.7 Å². The number of nitrogens with one attached hydrogen (secondary N) is 2. The summed E-state index contributed by atoms with van der Waals surface area (Å²) in [6, 6.07) is 7.22. The summed E-state index contributed by atoms with van der Waals surface area (Å²) in [4.78, 5) is 10.9. The standard InChI is InChI=1S/C15H19Cl2N5/c1-10-8-14(18-6-7-22(2)3)21-15(19-10)20-11-4-5-12(16)13(17)9-11/h4-5,8-9H,6-7H2,1-3H3,(H2,18,19,20,21). The second kappa shape index (κ2) is 7.63. The zero-order valence-corrected chi connectivity index (χ0v) is 14.3. The Labute approximate surface area is 140 Å². The molecule has 0 saturated heterocycles. The smallest absolute Gasteiger partial charge is 0.229 e. The Kier molecular flexibility index (Phi) is 5.83. The fourth-order valence-corrected chi connectivity index (χ4v) is 2.12. The van der Waals surface area contributed by atoms with E-state index in [4.69, 9.17) is 23.2 Å². The summed E-state index contributed by atoms with van der Waals surface area (Å²) >= 11 is 11.9. The summed E-state index contributed by atoms with van der Waals surface area (Å²) in [6.07, 6.45) is 0. The number of hydrogen-bond donors (Lipinski definition) is 2. The summed E-state index contributed by atoms with van der Waals surface area (Å²) in [5.74, 6) is 1.31. The maximum atomic E-state index is 6.01. The zero-order chi connectivity index (χ0) is 16.1. The van der Waals surface area contributed by atoms with Crippen molar-refractivity contribution in [3.8, 4) is 0 Å². The maximum absolute atomic E-state index is 6.01. The first-order valence-corrected chi connectivity index (χ1v) is 7.66. The second-order valence-corrected chi connectivity index (χ2v) is 6.02. The van der Waals surface area contributed by atoms with Gasteiger partial charge in [0.2, 0.25) is 5.95 Å². The van der Waals surface area contributed by atoms with Gasteiger partial charge in [-0.1, -0.05) is 23.2 Å². The van der Waals surface area contributed by atoms with Gasteiger partial charge in [-0.2, -0.15) is 4.98 Å². The third-order valence-corrected chi connectivity index (χ3v) is 3.63. The number of rotatable bonds is 6. The molecule has 0 aliphatic heterocycles. The van der Waals surface area contributed by atoms with E-state index in [1.807, 2.05) is 33.2 Å². The molecule has 0 radical (unpaired) electrons. The number of aryl methyl sites for hydroxylation is 1. The number of aromatic nitrogens is 2. The van der Waals surface area contributed by atoms with E-state index in [9.17, 15) is 0 Å². The van der Waals surface area contributed by atoms with Gasteiger partial charge >= 0.3 is 0 Å². The first-order chi connectivity index (χ1) is 10.4. The van der Waals surface area contributed by atoms with E-state index in [2.05, 4.69) is 25.5 Å². The lowest BCUT2D eigenvalue weighted by molar-refractivity contribution is 0.425. The normalized spacial score (nSPS) is 10.8. The average Bonchev–Trinajstić information content (AvgIpc) is 2.42. The van der Waals surface area contributed by atoms with Crippen LogP contribution in [0.1, 0.15) is 5.69 Å². The third-order valence-electron chi connectivity index (χ3n) is 2.90. The van der Waals surface area contributed by atoms with Crippen molar-refractivity contribution in [3.63, 3.8) is 0 Å². The molecule has 1 aromatic carbocycles. The van der Waals surface area contributed by atoms with Crippen LogP contribution < -0.4 is 10.6 Å². The molecule has 1 aromatic heterocycles. The minimum Gasteiger partial charge on any atom is -0.369 e. The van der Waals surface area contributed by atoms with Crippen LogP contribution in [0.5, 0.6) is 0 Å². The van der Waals surface area contributed by atoms with Gasteiger partial charge in [0.05, 0.1) is 10.0 Å². The lowest BCUT2D eigenvalue weighted by atomic mass is 10.3. The van der Waals surface area contributed by atoms with Crippen LogP contribution in [0.2, 0.25) is 10.0 Å². The molecule has 0 bridgehead atoms. The van der Waals surface area contributed by atoms with Crippen LogP contribution in [-0.4, -0.2) is 42.1 Å². The van der Waals surface area contributed by atoms with Crippen molar-refractivity contribution in [2.24, 2.45) is 0 Å². The zero-order valence-electron chi connectivity index (χ0n) is 12.8. The highest BCUT2D eigenvalue weighted by Crippen LogP contribution is 2.26. The SMILES string of the molecule is Cc1cc(NCCN(C)C)nc(Nc2ccc(Cl)c(Cl)c2)n1. The van der Waals surface area contributed by atoms with Gasteiger partial charge in [-0.05, 0) is 39.2 Å². The molecule has 7 heteroatoms. The van der Waals surface area contributed by atoms with Crippen LogP contribution in [0.4, 0.5) is 17.5 Å². The third kappa shape index (κ3) is 5.02. The number of benzene rings is 1. The van der Waals surface area contributed by atoms with Gasteiger partial charge in [-0.3, -0.25) is 0 Å². The Morgan fingerprint density at radius 2 is 1.86 bits per heavy atom. The Morgan fingerprint density at radius 3 is 2.55 bits per heavy atom. The van der Waals surface area contributed by atoms with Crippen molar-refractivity contribution in [1.29, 1.82) is 0 Å². The van der Waals surface area contributed by atoms with E-state index in [-0.39, 0.29) is 0 Å². The molecule has 0 atom stereocenters. The van der Waals surface area contributed by atoms with Gasteiger partial charge in [0, 0.05) is 30.5 Å². The minimum absolute atomic E-state index is 0.489. The second-order valence-electron chi connectivity index (χ2n) is 5.20. The largest absolute Gasteiger partial charge is 0.369 e. The van der Waals surface area contributed by atoms with E-state index in [0.29, 0.717) is 16.0 Å². The van der Waals surface area contributed by atoms with Crippen LogP contribution in [0.25, 0.3) is 0 Å². The Balaban J connectivity index is 2.10. The van der Waals surface area contributed by atoms with Crippen molar-refractivity contribution in [2.45, 2.75) is 6.92 Å². The number of hydrogen-bond acceptors (Lipinski definition) is 5. The van der Waals surface area contributed by atoms with Crippen molar-refractivity contribution in [3.05, 3.63) is 40.0 Å². The fourth-order valence-electron chi connectivity index (χ4n) is 1.83. The monoisotopic (exact) mass is 339 g/mol. The topological polar surface area (TPSA) is 53.1 Å². The van der Waals surface area contributed by atoms with Crippen LogP contribution >= 0.6 is 23.2 Å². The van der Waals surface area contributed by atoms with Gasteiger partial charge in [0.25, 0.3) is 0 Å². The van der Waals surface area contributed by atoms with Gasteiger partial charge in [-0.25, -0.2) is 4.98 Å². The summed E-state index contributed by atoms with van der Waals surface area (Å²) in [5.41, 5.74) is 1.67. The molecule has 0 aliphatic carbocycles. The van der Waals surface area contributed by atoms with Crippen molar-refractivity contribution in [2.75, 3.05) is 37.8 Å². The van der Waals surface area contributed by atoms with Gasteiger partial charge in [0.15, 0.2) is 0 Å². The van der Waals surface area contributed by atoms with E-state index in [1.54, 1.807) is 12.1 Å². The molecule has 118 valence electrons. The molecule has 0 amide bonds. The molecule has 5 nitrogen and oxygen atoms in total. The molecular weight excluding hydrogens is 321 g/mol. The molecule has 2 rings (SSSR count). The summed E-state index contributed by atoms with van der Waals surface area (Å²) in [6.45, 7) is 3.67. The van der Waals surface area contributed by atoms with E-state index in [0.717, 1.165) is 30.3 Å². The molecular formula is C15H19Cl2N5. The highest BCUT2D eigenvalue weighted by Gasteiger charge is 2.05. The molecule has 22 heavy (non-hydrogen) atoms. The van der Waals surface area contributed by atoms with Gasteiger partial charge in [-0.15, -0.1) is 0 Å². The summed E-state index contributed by atoms with van der Waals surface area (Å²) in [5, 5.41) is 7.43. The molecule has 0 spiro atoms. The van der Waals surface area contributed by atoms with Crippen LogP contribution in [0, 0.1) is 6.92 Å². The highest BCUT2D eigenvalue weighted by atomic mass is 35.5. The average molecular weight is 340 g/mol. The lowest BCUT2D eigenvalue weighted by Gasteiger charge is -2.12. The number of anilines is 3. The summed E-state index contributed by atoms with van der Waals surface area (Å²) < 4.78 is 0. The van der Waals surface area contributed by atoms with E-state index in [1.165, 1.54) is 0 Å². The molecule has 2 N–H and O–H groups in total. The quantitative estimate of drug-likeness (QED) is 0.838. The first kappa shape index (κ1) is 16.8. The predicted molar refractivity (Wildman–Crippen MR) is 93.6 cm³/mol. The lowest BCUT2D eigenvalue weighted by Crippen LogP contribution is -2.21. The number of halogens is 2. The van der Waals surface area contributed by atoms with Crippen molar-refractivity contribution in [1.82, 2.24) is 14.9 Å². The molecule has 1 heterocycles. The van der Waals surface area contributed by atoms with Crippen LogP contribution in [-0.2, 0) is 0 Å². The Morgan fingerprint density at radius 1 is 1.09 bits per heavy atom. The predicted octanol–water partition coefficient (Wildman–Crippen LogP) is 3.81. The minimum atomic E-state index is 0.489. The number of likely N-dealkylation sites (N-methyl/N-ethyl adjacent to an activating group) is 1. The number of nitrogens with zero attached hydrogens (tertiary/aromatic N) is 3. The van der Waals surface area contributed by atoms with E-state index < -0.39 is 0 Å². The summed E-state index contributed by atoms with van der Waals surface area (Å²) in [7, 11) is 4.06. The molecule has 0 fully saturated rings. The molecule has 0 unspecified atom stereocenters. The maximum Gasteiger partial charge on any atom is 0.229 e. The Hall–Kier alpha value is -1.56. The van der Waals surface area contributed by atoms with Crippen LogP contribution in [0.15, 0.2) is 24.3 Å². The Bertz CT molecular complexity index is 646. The van der Waals surface area contributed by atoms with E-state index >= 15 is 0 Å². The van der Waals surface area contributed by atoms with Gasteiger partial charge in [0.1, 0.15) is 5.82 Å². The fraction of sp³-hybridized carbons (Fsp3) is 0.333. The van der Waals surface area contributed by atoms with Crippen LogP contribution in [0.3, 0.4) is 0 Å².